The fourth-order valence-corrected chi connectivity index (χ4v) is 2.88. The minimum Gasteiger partial charge on any atom is -0.492 e. The first-order valence-electron chi connectivity index (χ1n) is 8.28. The van der Waals surface area contributed by atoms with E-state index < -0.39 is 5.79 Å². The number of carbonyl (C=O) groups excluding carboxylic acids is 1. The van der Waals surface area contributed by atoms with Crippen LogP contribution in [-0.2, 0) is 15.9 Å². The zero-order valence-electron chi connectivity index (χ0n) is 14.3. The van der Waals surface area contributed by atoms with E-state index in [0.717, 1.165) is 17.7 Å². The highest BCUT2D eigenvalue weighted by atomic mass is 16.7. The van der Waals surface area contributed by atoms with Crippen molar-refractivity contribution in [3.05, 3.63) is 17.7 Å². The third-order valence-electron chi connectivity index (χ3n) is 4.01. The molecule has 7 heteroatoms. The van der Waals surface area contributed by atoms with Gasteiger partial charge in [0.05, 0.1) is 32.1 Å². The summed E-state index contributed by atoms with van der Waals surface area (Å²) < 4.78 is 22.3. The van der Waals surface area contributed by atoms with Crippen molar-refractivity contribution < 1.29 is 23.7 Å². The molecule has 2 heterocycles. The molecule has 2 amide bonds. The van der Waals surface area contributed by atoms with Gasteiger partial charge in [-0.2, -0.15) is 0 Å². The number of anilines is 1. The second-order valence-corrected chi connectivity index (χ2v) is 6.16. The Morgan fingerprint density at radius 2 is 2.12 bits per heavy atom. The molecule has 3 rings (SSSR count). The lowest BCUT2D eigenvalue weighted by atomic mass is 10.1. The number of benzene rings is 1. The van der Waals surface area contributed by atoms with Crippen molar-refractivity contribution in [3.8, 4) is 11.5 Å². The Kier molecular flexibility index (Phi) is 4.82. The van der Waals surface area contributed by atoms with E-state index in [1.54, 1.807) is 6.92 Å². The van der Waals surface area contributed by atoms with Gasteiger partial charge in [-0.15, -0.1) is 0 Å². The van der Waals surface area contributed by atoms with Crippen LogP contribution in [0, 0.1) is 0 Å². The summed E-state index contributed by atoms with van der Waals surface area (Å²) in [4.78, 5) is 12.2. The molecular weight excluding hydrogens is 312 g/mol. The van der Waals surface area contributed by atoms with Gasteiger partial charge in [-0.25, -0.2) is 4.79 Å². The van der Waals surface area contributed by atoms with E-state index in [-0.39, 0.29) is 18.7 Å². The maximum absolute atomic E-state index is 12.2. The molecule has 0 saturated carbocycles. The van der Waals surface area contributed by atoms with E-state index >= 15 is 0 Å². The van der Waals surface area contributed by atoms with Gasteiger partial charge in [0, 0.05) is 18.1 Å². The quantitative estimate of drug-likeness (QED) is 0.863. The molecule has 0 aromatic heterocycles. The van der Waals surface area contributed by atoms with Crippen LogP contribution < -0.4 is 20.1 Å². The molecule has 1 fully saturated rings. The van der Waals surface area contributed by atoms with Gasteiger partial charge in [-0.05, 0) is 26.8 Å². The minimum absolute atomic E-state index is 0.134. The fourth-order valence-electron chi connectivity index (χ4n) is 2.88. The molecular formula is C17H24N2O5. The number of rotatable bonds is 5. The SMILES string of the molecule is CCOc1cc2c(cc1NC(=O)NCC1(C)OCCO1)O[C@H](C)C2. The van der Waals surface area contributed by atoms with Crippen molar-refractivity contribution >= 4 is 11.7 Å². The summed E-state index contributed by atoms with van der Waals surface area (Å²) >= 11 is 0. The zero-order valence-corrected chi connectivity index (χ0v) is 14.3. The summed E-state index contributed by atoms with van der Waals surface area (Å²) in [5.41, 5.74) is 1.68. The molecule has 7 nitrogen and oxygen atoms in total. The molecule has 0 aliphatic carbocycles. The Labute approximate surface area is 141 Å². The molecule has 2 aliphatic rings. The van der Waals surface area contributed by atoms with Gasteiger partial charge in [0.1, 0.15) is 17.6 Å². The molecule has 1 aromatic rings. The van der Waals surface area contributed by atoms with Gasteiger partial charge in [-0.1, -0.05) is 0 Å². The summed E-state index contributed by atoms with van der Waals surface area (Å²) in [6.07, 6.45) is 0.977. The first-order chi connectivity index (χ1) is 11.5. The minimum atomic E-state index is -0.767. The largest absolute Gasteiger partial charge is 0.492 e. The van der Waals surface area contributed by atoms with E-state index in [1.165, 1.54) is 0 Å². The van der Waals surface area contributed by atoms with E-state index in [2.05, 4.69) is 10.6 Å². The first kappa shape index (κ1) is 16.9. The maximum atomic E-state index is 12.2. The van der Waals surface area contributed by atoms with Gasteiger partial charge in [0.15, 0.2) is 5.79 Å². The van der Waals surface area contributed by atoms with Crippen LogP contribution in [0.1, 0.15) is 26.3 Å². The number of ether oxygens (including phenoxy) is 4. The highest BCUT2D eigenvalue weighted by Crippen LogP contribution is 2.38. The molecule has 2 aliphatic heterocycles. The Hall–Kier alpha value is -1.99. The predicted octanol–water partition coefficient (Wildman–Crippen LogP) is 2.29. The van der Waals surface area contributed by atoms with Crippen LogP contribution in [0.4, 0.5) is 10.5 Å². The Morgan fingerprint density at radius 3 is 2.83 bits per heavy atom. The lowest BCUT2D eigenvalue weighted by Gasteiger charge is -2.22. The van der Waals surface area contributed by atoms with Crippen molar-refractivity contribution in [2.45, 2.75) is 39.1 Å². The van der Waals surface area contributed by atoms with E-state index in [9.17, 15) is 4.79 Å². The first-order valence-corrected chi connectivity index (χ1v) is 8.28. The third-order valence-corrected chi connectivity index (χ3v) is 4.01. The van der Waals surface area contributed by atoms with Gasteiger partial charge in [-0.3, -0.25) is 0 Å². The number of hydrogen-bond donors (Lipinski definition) is 2. The Balaban J connectivity index is 1.67. The fraction of sp³-hybridized carbons (Fsp3) is 0.588. The van der Waals surface area contributed by atoms with Gasteiger partial charge in [0.2, 0.25) is 0 Å². The van der Waals surface area contributed by atoms with E-state index in [4.69, 9.17) is 18.9 Å². The summed E-state index contributed by atoms with van der Waals surface area (Å²) in [5, 5.41) is 5.58. The van der Waals surface area contributed by atoms with Crippen molar-refractivity contribution in [1.29, 1.82) is 0 Å². The molecule has 1 atom stereocenters. The third kappa shape index (κ3) is 3.73. The Morgan fingerprint density at radius 1 is 1.38 bits per heavy atom. The second-order valence-electron chi connectivity index (χ2n) is 6.16. The molecule has 0 radical (unpaired) electrons. The standard InChI is InChI=1S/C17H24N2O5/c1-4-21-15-8-12-7-11(2)24-14(12)9-13(15)19-16(20)18-10-17(3)22-5-6-23-17/h8-9,11H,4-7,10H2,1-3H3,(H2,18,19,20)/t11-/m1/s1. The monoisotopic (exact) mass is 336 g/mol. The molecule has 0 bridgehead atoms. The molecule has 24 heavy (non-hydrogen) atoms. The summed E-state index contributed by atoms with van der Waals surface area (Å²) in [6, 6.07) is 3.40. The summed E-state index contributed by atoms with van der Waals surface area (Å²) in [6.45, 7) is 7.58. The lowest BCUT2D eigenvalue weighted by Crippen LogP contribution is -2.43. The lowest BCUT2D eigenvalue weighted by molar-refractivity contribution is -0.136. The summed E-state index contributed by atoms with van der Waals surface area (Å²) in [7, 11) is 0. The van der Waals surface area contributed by atoms with Gasteiger partial charge in [0.25, 0.3) is 0 Å². The number of carbonyl (C=O) groups is 1. The highest BCUT2D eigenvalue weighted by molar-refractivity contribution is 5.91. The van der Waals surface area contributed by atoms with E-state index in [0.29, 0.717) is 31.3 Å². The van der Waals surface area contributed by atoms with Crippen LogP contribution in [0.25, 0.3) is 0 Å². The normalized spacial score (nSPS) is 21.0. The van der Waals surface area contributed by atoms with Crippen LogP contribution in [0.3, 0.4) is 0 Å². The number of hydrogen-bond acceptors (Lipinski definition) is 5. The van der Waals surface area contributed by atoms with Crippen LogP contribution in [0.2, 0.25) is 0 Å². The van der Waals surface area contributed by atoms with Gasteiger partial charge >= 0.3 is 6.03 Å². The van der Waals surface area contributed by atoms with Crippen LogP contribution in [-0.4, -0.2) is 44.3 Å². The highest BCUT2D eigenvalue weighted by Gasteiger charge is 2.31. The second kappa shape index (κ2) is 6.86. The van der Waals surface area contributed by atoms with Crippen molar-refractivity contribution in [3.63, 3.8) is 0 Å². The van der Waals surface area contributed by atoms with Crippen molar-refractivity contribution in [2.75, 3.05) is 31.7 Å². The number of nitrogens with one attached hydrogen (secondary N) is 2. The topological polar surface area (TPSA) is 78.1 Å². The molecule has 1 saturated heterocycles. The van der Waals surface area contributed by atoms with Crippen molar-refractivity contribution in [1.82, 2.24) is 5.32 Å². The van der Waals surface area contributed by atoms with E-state index in [1.807, 2.05) is 26.0 Å². The van der Waals surface area contributed by atoms with Gasteiger partial charge < -0.3 is 29.6 Å². The predicted molar refractivity (Wildman–Crippen MR) is 88.7 cm³/mol. The van der Waals surface area contributed by atoms with Crippen LogP contribution in [0.15, 0.2) is 12.1 Å². The molecule has 0 spiro atoms. The average molecular weight is 336 g/mol. The average Bonchev–Trinajstić information content (AvgIpc) is 3.11. The number of fused-ring (bicyclic) bond motifs is 1. The maximum Gasteiger partial charge on any atom is 0.319 e. The molecule has 0 unspecified atom stereocenters. The smallest absolute Gasteiger partial charge is 0.319 e. The molecule has 132 valence electrons. The van der Waals surface area contributed by atoms with Crippen LogP contribution >= 0.6 is 0 Å². The Bertz CT molecular complexity index is 613. The molecule has 2 N–H and O–H groups in total. The number of urea groups is 1. The number of amides is 2. The summed E-state index contributed by atoms with van der Waals surface area (Å²) in [5.74, 6) is 0.663. The molecule has 1 aromatic carbocycles. The zero-order chi connectivity index (χ0) is 17.2. The van der Waals surface area contributed by atoms with Crippen molar-refractivity contribution in [2.24, 2.45) is 0 Å². The van der Waals surface area contributed by atoms with Crippen LogP contribution in [0.5, 0.6) is 11.5 Å².